The molecule has 104 valence electrons. The summed E-state index contributed by atoms with van der Waals surface area (Å²) in [6, 6.07) is 10.3. The Morgan fingerprint density at radius 1 is 1.15 bits per heavy atom. The summed E-state index contributed by atoms with van der Waals surface area (Å²) in [7, 11) is 0. The van der Waals surface area contributed by atoms with Gasteiger partial charge in [-0.05, 0) is 32.0 Å². The second-order valence-electron chi connectivity index (χ2n) is 5.42. The van der Waals surface area contributed by atoms with E-state index in [1.165, 1.54) is 0 Å². The first-order valence-corrected chi connectivity index (χ1v) is 7.38. The van der Waals surface area contributed by atoms with Crippen molar-refractivity contribution in [1.82, 2.24) is 4.90 Å². The molecule has 0 saturated carbocycles. The summed E-state index contributed by atoms with van der Waals surface area (Å²) in [5.74, 6) is 0. The molecule has 0 N–H and O–H groups in total. The largest absolute Gasteiger partial charge is 0.368 e. The zero-order chi connectivity index (χ0) is 14.8. The maximum Gasteiger partial charge on any atom is 0.103 e. The molecule has 1 aliphatic heterocycles. The molecule has 0 unspecified atom stereocenters. The highest BCUT2D eigenvalue weighted by Gasteiger charge is 2.30. The molecule has 1 aromatic carbocycles. The Kier molecular flexibility index (Phi) is 4.32. The fraction of sp³-hybridized carbons (Fsp3) is 0.467. The summed E-state index contributed by atoms with van der Waals surface area (Å²) in [4.78, 5) is 4.40. The number of hydrogen-bond acceptors (Lipinski definition) is 4. The molecule has 5 heteroatoms. The minimum atomic E-state index is -0.429. The average molecular weight is 333 g/mol. The van der Waals surface area contributed by atoms with Crippen LogP contribution < -0.4 is 4.90 Å². The van der Waals surface area contributed by atoms with Crippen LogP contribution in [0.3, 0.4) is 0 Å². The molecule has 0 atom stereocenters. The van der Waals surface area contributed by atoms with Crippen molar-refractivity contribution in [2.24, 2.45) is 0 Å². The summed E-state index contributed by atoms with van der Waals surface area (Å²) in [6.07, 6.45) is 0. The van der Waals surface area contributed by atoms with Crippen molar-refractivity contribution < 1.29 is 0 Å². The van der Waals surface area contributed by atoms with Gasteiger partial charge in [0.1, 0.15) is 11.6 Å². The highest BCUT2D eigenvalue weighted by molar-refractivity contribution is 9.10. The van der Waals surface area contributed by atoms with Crippen LogP contribution in [0.2, 0.25) is 0 Å². The van der Waals surface area contributed by atoms with Crippen LogP contribution in [0, 0.1) is 22.7 Å². The Balaban J connectivity index is 2.14. The van der Waals surface area contributed by atoms with Gasteiger partial charge in [-0.3, -0.25) is 4.90 Å². The second-order valence-corrected chi connectivity index (χ2v) is 6.33. The van der Waals surface area contributed by atoms with E-state index in [0.717, 1.165) is 36.3 Å². The number of halogens is 1. The van der Waals surface area contributed by atoms with Gasteiger partial charge < -0.3 is 4.90 Å². The Morgan fingerprint density at radius 3 is 2.35 bits per heavy atom. The van der Waals surface area contributed by atoms with Gasteiger partial charge in [0.05, 0.1) is 17.3 Å². The second kappa shape index (κ2) is 5.83. The molecule has 2 rings (SSSR count). The molecule has 0 bridgehead atoms. The quantitative estimate of drug-likeness (QED) is 0.835. The summed E-state index contributed by atoms with van der Waals surface area (Å²) in [6.45, 7) is 7.22. The highest BCUT2D eigenvalue weighted by Crippen LogP contribution is 2.27. The monoisotopic (exact) mass is 332 g/mol. The first-order chi connectivity index (χ1) is 9.47. The molecule has 1 fully saturated rings. The molecule has 20 heavy (non-hydrogen) atoms. The van der Waals surface area contributed by atoms with Gasteiger partial charge >= 0.3 is 0 Å². The molecule has 4 nitrogen and oxygen atoms in total. The van der Waals surface area contributed by atoms with Gasteiger partial charge in [0, 0.05) is 30.7 Å². The molecule has 0 aromatic heterocycles. The first-order valence-electron chi connectivity index (χ1n) is 6.59. The lowest BCUT2D eigenvalue weighted by atomic mass is 10.0. The van der Waals surface area contributed by atoms with Gasteiger partial charge in [-0.25, -0.2) is 0 Å². The molecule has 0 amide bonds. The predicted molar refractivity (Wildman–Crippen MR) is 82.3 cm³/mol. The molecule has 0 radical (unpaired) electrons. The number of anilines is 1. The molecule has 1 saturated heterocycles. The van der Waals surface area contributed by atoms with Crippen LogP contribution in [-0.4, -0.2) is 36.6 Å². The summed E-state index contributed by atoms with van der Waals surface area (Å²) in [5.41, 5.74) is 1.24. The standard InChI is InChI=1S/C15H17BrN4/c1-15(2,11-18)20-7-5-19(6-8-20)14-9-13(16)4-3-12(14)10-17/h3-4,9H,5-8H2,1-2H3. The molecular formula is C15H17BrN4. The molecule has 0 spiro atoms. The Morgan fingerprint density at radius 2 is 1.80 bits per heavy atom. The van der Waals surface area contributed by atoms with Gasteiger partial charge in [-0.1, -0.05) is 15.9 Å². The fourth-order valence-electron chi connectivity index (χ4n) is 2.44. The third-order valence-corrected chi connectivity index (χ3v) is 4.26. The van der Waals surface area contributed by atoms with Crippen LogP contribution in [0.5, 0.6) is 0 Å². The Labute approximate surface area is 128 Å². The van der Waals surface area contributed by atoms with E-state index in [2.05, 4.69) is 37.9 Å². The SMILES string of the molecule is CC(C)(C#N)N1CCN(c2cc(Br)ccc2C#N)CC1. The normalized spacial score (nSPS) is 16.6. The number of piperazine rings is 1. The van der Waals surface area contributed by atoms with E-state index in [9.17, 15) is 10.5 Å². The third-order valence-electron chi connectivity index (χ3n) is 3.76. The molecular weight excluding hydrogens is 316 g/mol. The van der Waals surface area contributed by atoms with Crippen LogP contribution in [0.15, 0.2) is 22.7 Å². The zero-order valence-corrected chi connectivity index (χ0v) is 13.3. The van der Waals surface area contributed by atoms with E-state index in [1.807, 2.05) is 32.0 Å². The minimum absolute atomic E-state index is 0.429. The molecule has 1 aromatic rings. The van der Waals surface area contributed by atoms with Crippen molar-refractivity contribution in [3.05, 3.63) is 28.2 Å². The fourth-order valence-corrected chi connectivity index (χ4v) is 2.79. The number of nitrogens with zero attached hydrogens (tertiary/aromatic N) is 4. The van der Waals surface area contributed by atoms with E-state index >= 15 is 0 Å². The van der Waals surface area contributed by atoms with Crippen molar-refractivity contribution in [3.8, 4) is 12.1 Å². The van der Waals surface area contributed by atoms with Gasteiger partial charge in [-0.15, -0.1) is 0 Å². The van der Waals surface area contributed by atoms with Crippen molar-refractivity contribution in [1.29, 1.82) is 10.5 Å². The lowest BCUT2D eigenvalue weighted by molar-refractivity contribution is 0.158. The number of benzene rings is 1. The first kappa shape index (κ1) is 14.8. The lowest BCUT2D eigenvalue weighted by Gasteiger charge is -2.41. The average Bonchev–Trinajstić information content (AvgIpc) is 2.47. The van der Waals surface area contributed by atoms with Gasteiger partial charge in [0.15, 0.2) is 0 Å². The maximum absolute atomic E-state index is 9.21. The lowest BCUT2D eigenvalue weighted by Crippen LogP contribution is -2.54. The van der Waals surface area contributed by atoms with Crippen molar-refractivity contribution in [2.75, 3.05) is 31.1 Å². The Hall–Kier alpha value is -1.56. The number of rotatable bonds is 2. The van der Waals surface area contributed by atoms with Gasteiger partial charge in [0.2, 0.25) is 0 Å². The summed E-state index contributed by atoms with van der Waals surface area (Å²) < 4.78 is 0.978. The van der Waals surface area contributed by atoms with Crippen LogP contribution in [0.25, 0.3) is 0 Å². The summed E-state index contributed by atoms with van der Waals surface area (Å²) in [5, 5.41) is 18.4. The highest BCUT2D eigenvalue weighted by atomic mass is 79.9. The third kappa shape index (κ3) is 2.95. The topological polar surface area (TPSA) is 54.1 Å². The van der Waals surface area contributed by atoms with Crippen molar-refractivity contribution >= 4 is 21.6 Å². The van der Waals surface area contributed by atoms with Crippen LogP contribution in [-0.2, 0) is 0 Å². The number of nitriles is 2. The molecule has 1 aliphatic rings. The Bertz CT molecular complexity index is 575. The van der Waals surface area contributed by atoms with Crippen LogP contribution in [0.4, 0.5) is 5.69 Å². The van der Waals surface area contributed by atoms with Crippen LogP contribution in [0.1, 0.15) is 19.4 Å². The molecule has 0 aliphatic carbocycles. The van der Waals surface area contributed by atoms with Gasteiger partial charge in [-0.2, -0.15) is 10.5 Å². The smallest absolute Gasteiger partial charge is 0.103 e. The maximum atomic E-state index is 9.21. The van der Waals surface area contributed by atoms with Crippen molar-refractivity contribution in [2.45, 2.75) is 19.4 Å². The van der Waals surface area contributed by atoms with Crippen molar-refractivity contribution in [3.63, 3.8) is 0 Å². The van der Waals surface area contributed by atoms with Gasteiger partial charge in [0.25, 0.3) is 0 Å². The van der Waals surface area contributed by atoms with E-state index in [1.54, 1.807) is 0 Å². The van der Waals surface area contributed by atoms with E-state index in [0.29, 0.717) is 5.56 Å². The predicted octanol–water partition coefficient (Wildman–Crippen LogP) is 2.74. The van der Waals surface area contributed by atoms with E-state index in [4.69, 9.17) is 0 Å². The van der Waals surface area contributed by atoms with E-state index < -0.39 is 5.54 Å². The summed E-state index contributed by atoms with van der Waals surface area (Å²) >= 11 is 3.46. The molecule has 1 heterocycles. The number of hydrogen-bond donors (Lipinski definition) is 0. The minimum Gasteiger partial charge on any atom is -0.368 e. The zero-order valence-electron chi connectivity index (χ0n) is 11.7. The van der Waals surface area contributed by atoms with Crippen LogP contribution >= 0.6 is 15.9 Å². The van der Waals surface area contributed by atoms with E-state index in [-0.39, 0.29) is 0 Å².